The summed E-state index contributed by atoms with van der Waals surface area (Å²) in [6.45, 7) is 7.62. The van der Waals surface area contributed by atoms with Crippen LogP contribution in [-0.2, 0) is 19.1 Å². The Kier molecular flexibility index (Phi) is 9.17. The lowest BCUT2D eigenvalue weighted by molar-refractivity contribution is -0.143. The van der Waals surface area contributed by atoms with E-state index < -0.39 is 5.97 Å². The van der Waals surface area contributed by atoms with Crippen molar-refractivity contribution in [2.75, 3.05) is 13.7 Å². The molecule has 25 heavy (non-hydrogen) atoms. The number of carbonyl (C=O) groups excluding carboxylic acids is 2. The van der Waals surface area contributed by atoms with Gasteiger partial charge in [0.1, 0.15) is 0 Å². The minimum atomic E-state index is -0.472. The van der Waals surface area contributed by atoms with E-state index in [1.807, 2.05) is 0 Å². The van der Waals surface area contributed by atoms with Gasteiger partial charge in [-0.25, -0.2) is 4.79 Å². The largest absolute Gasteiger partial charge is 0.469 e. The number of aromatic nitrogens is 1. The van der Waals surface area contributed by atoms with Gasteiger partial charge in [0.25, 0.3) is 0 Å². The van der Waals surface area contributed by atoms with E-state index in [0.717, 1.165) is 11.8 Å². The average Bonchev–Trinajstić information content (AvgIpc) is 3.05. The Hall–Kier alpha value is -2.47. The van der Waals surface area contributed by atoms with Gasteiger partial charge in [0.15, 0.2) is 0 Å². The number of nitrogens with zero attached hydrogens (tertiary/aromatic N) is 1. The Morgan fingerprint density at radius 3 is 2.44 bits per heavy atom. The number of hydrogen-bond donors (Lipinski definition) is 0. The average molecular weight is 361 g/mol. The third kappa shape index (κ3) is 8.26. The molecule has 0 radical (unpaired) electrons. The molecule has 1 heterocycles. The third-order valence-corrected chi connectivity index (χ3v) is 3.83. The number of methoxy groups -OCH3 is 1. The predicted molar refractivity (Wildman–Crippen MR) is 99.4 cm³/mol. The molecule has 0 atom stereocenters. The van der Waals surface area contributed by atoms with Crippen LogP contribution in [0.15, 0.2) is 43.0 Å². The Morgan fingerprint density at radius 2 is 1.92 bits per heavy atom. The molecular weight excluding hydrogens is 338 g/mol. The molecule has 0 bridgehead atoms. The van der Waals surface area contributed by atoms with E-state index in [1.54, 1.807) is 11.5 Å². The molecule has 0 unspecified atom stereocenters. The summed E-state index contributed by atoms with van der Waals surface area (Å²) in [7, 11) is 1.32. The van der Waals surface area contributed by atoms with Gasteiger partial charge in [-0.1, -0.05) is 36.4 Å². The molecule has 0 amide bonds. The minimum Gasteiger partial charge on any atom is -0.469 e. The van der Waals surface area contributed by atoms with Crippen LogP contribution in [0.2, 0.25) is 0 Å². The zero-order valence-corrected chi connectivity index (χ0v) is 15.6. The highest BCUT2D eigenvalue weighted by atomic mass is 32.1. The number of ether oxygens (including phenoxy) is 2. The van der Waals surface area contributed by atoms with Crippen LogP contribution in [0.25, 0.3) is 11.3 Å². The number of esters is 2. The lowest BCUT2D eigenvalue weighted by atomic mass is 10.1. The van der Waals surface area contributed by atoms with Gasteiger partial charge < -0.3 is 9.47 Å². The van der Waals surface area contributed by atoms with Crippen molar-refractivity contribution in [2.45, 2.75) is 26.7 Å². The van der Waals surface area contributed by atoms with E-state index in [1.165, 1.54) is 23.1 Å². The lowest BCUT2D eigenvalue weighted by Crippen LogP contribution is -2.05. The maximum absolute atomic E-state index is 10.5. The van der Waals surface area contributed by atoms with Crippen LogP contribution in [-0.4, -0.2) is 30.0 Å². The third-order valence-electron chi connectivity index (χ3n) is 3.14. The Balaban J connectivity index is 0.000000252. The van der Waals surface area contributed by atoms with Crippen molar-refractivity contribution in [1.82, 2.24) is 4.37 Å². The summed E-state index contributed by atoms with van der Waals surface area (Å²) in [4.78, 5) is 22.3. The van der Waals surface area contributed by atoms with Gasteiger partial charge in [0.2, 0.25) is 0 Å². The first-order valence-electron chi connectivity index (χ1n) is 7.82. The molecule has 134 valence electrons. The van der Waals surface area contributed by atoms with Crippen molar-refractivity contribution in [2.24, 2.45) is 0 Å². The van der Waals surface area contributed by atoms with Crippen molar-refractivity contribution in [3.63, 3.8) is 0 Å². The Morgan fingerprint density at radius 1 is 1.24 bits per heavy atom. The van der Waals surface area contributed by atoms with Crippen LogP contribution >= 0.6 is 11.5 Å². The maximum atomic E-state index is 10.5. The highest BCUT2D eigenvalue weighted by Gasteiger charge is 2.01. The van der Waals surface area contributed by atoms with Crippen LogP contribution in [0, 0.1) is 13.8 Å². The Bertz CT molecular complexity index is 692. The zero-order chi connectivity index (χ0) is 18.7. The summed E-state index contributed by atoms with van der Waals surface area (Å²) in [5.41, 5.74) is 3.58. The van der Waals surface area contributed by atoms with Crippen molar-refractivity contribution < 1.29 is 19.1 Å². The van der Waals surface area contributed by atoms with Crippen molar-refractivity contribution in [3.8, 4) is 11.3 Å². The van der Waals surface area contributed by atoms with Crippen molar-refractivity contribution >= 4 is 23.5 Å². The fourth-order valence-electron chi connectivity index (χ4n) is 1.78. The normalized spacial score (nSPS) is 9.56. The second-order valence-electron chi connectivity index (χ2n) is 5.24. The van der Waals surface area contributed by atoms with Gasteiger partial charge in [0.05, 0.1) is 19.4 Å². The quantitative estimate of drug-likeness (QED) is 0.440. The molecule has 1 aromatic carbocycles. The van der Waals surface area contributed by atoms with Gasteiger partial charge in [-0.05, 0) is 37.9 Å². The lowest BCUT2D eigenvalue weighted by Gasteiger charge is -2.00. The van der Waals surface area contributed by atoms with Gasteiger partial charge in [0, 0.05) is 22.9 Å². The zero-order valence-electron chi connectivity index (χ0n) is 14.8. The predicted octanol–water partition coefficient (Wildman–Crippen LogP) is 4.10. The van der Waals surface area contributed by atoms with Gasteiger partial charge in [-0.2, -0.15) is 4.37 Å². The second kappa shape index (κ2) is 11.1. The first-order valence-corrected chi connectivity index (χ1v) is 8.60. The first kappa shape index (κ1) is 20.6. The molecule has 0 aliphatic carbocycles. The molecule has 0 spiro atoms. The summed E-state index contributed by atoms with van der Waals surface area (Å²) in [6, 6.07) is 10.6. The van der Waals surface area contributed by atoms with E-state index >= 15 is 0 Å². The smallest absolute Gasteiger partial charge is 0.330 e. The SMILES string of the molecule is C=CC(=O)OCCCC(=O)OC.Cc1ccc(-c2cc(C)sn2)cc1. The molecule has 0 aliphatic rings. The fourth-order valence-corrected chi connectivity index (χ4v) is 2.34. The van der Waals surface area contributed by atoms with Gasteiger partial charge in [-0.15, -0.1) is 0 Å². The summed E-state index contributed by atoms with van der Waals surface area (Å²) >= 11 is 1.55. The summed E-state index contributed by atoms with van der Waals surface area (Å²) < 4.78 is 13.4. The molecule has 0 saturated heterocycles. The molecule has 2 rings (SSSR count). The fraction of sp³-hybridized carbons (Fsp3) is 0.316. The van der Waals surface area contributed by atoms with Gasteiger partial charge in [-0.3, -0.25) is 4.79 Å². The molecule has 2 aromatic rings. The highest BCUT2D eigenvalue weighted by molar-refractivity contribution is 7.05. The molecule has 1 aromatic heterocycles. The molecular formula is C19H23NO4S. The molecule has 0 aliphatic heterocycles. The summed E-state index contributed by atoms with van der Waals surface area (Å²) in [6.07, 6.45) is 1.82. The minimum absolute atomic E-state index is 0.222. The van der Waals surface area contributed by atoms with Crippen LogP contribution in [0.1, 0.15) is 23.3 Å². The van der Waals surface area contributed by atoms with Crippen LogP contribution in [0.4, 0.5) is 0 Å². The number of rotatable bonds is 6. The van der Waals surface area contributed by atoms with E-state index in [0.29, 0.717) is 6.42 Å². The van der Waals surface area contributed by atoms with E-state index in [2.05, 4.69) is 64.6 Å². The summed E-state index contributed by atoms with van der Waals surface area (Å²) in [5, 5.41) is 0. The number of aryl methyl sites for hydroxylation is 2. The van der Waals surface area contributed by atoms with Crippen molar-refractivity contribution in [3.05, 3.63) is 53.4 Å². The monoisotopic (exact) mass is 361 g/mol. The Labute approximate surface area is 152 Å². The molecule has 5 nitrogen and oxygen atoms in total. The van der Waals surface area contributed by atoms with E-state index in [-0.39, 0.29) is 19.0 Å². The topological polar surface area (TPSA) is 65.5 Å². The highest BCUT2D eigenvalue weighted by Crippen LogP contribution is 2.21. The van der Waals surface area contributed by atoms with E-state index in [9.17, 15) is 9.59 Å². The van der Waals surface area contributed by atoms with Crippen LogP contribution in [0.3, 0.4) is 0 Å². The molecule has 0 saturated carbocycles. The molecule has 0 N–H and O–H groups in total. The molecule has 0 fully saturated rings. The summed E-state index contributed by atoms with van der Waals surface area (Å²) in [5.74, 6) is -0.774. The molecule has 6 heteroatoms. The second-order valence-corrected chi connectivity index (χ2v) is 6.25. The number of benzene rings is 1. The van der Waals surface area contributed by atoms with E-state index in [4.69, 9.17) is 0 Å². The van der Waals surface area contributed by atoms with Crippen LogP contribution < -0.4 is 0 Å². The standard InChI is InChI=1S/C11H11NS.C8H12O4/c1-8-3-5-10(6-4-8)11-7-9(2)13-12-11;1-3-7(9)12-6-4-5-8(10)11-2/h3-7H,1-2H3;3H,1,4-6H2,2H3. The first-order chi connectivity index (χ1) is 12.0. The number of hydrogen-bond acceptors (Lipinski definition) is 6. The van der Waals surface area contributed by atoms with Gasteiger partial charge >= 0.3 is 11.9 Å². The maximum Gasteiger partial charge on any atom is 0.330 e. The van der Waals surface area contributed by atoms with Crippen molar-refractivity contribution in [1.29, 1.82) is 0 Å². The van der Waals surface area contributed by atoms with Crippen LogP contribution in [0.5, 0.6) is 0 Å². The number of carbonyl (C=O) groups is 2.